The van der Waals surface area contributed by atoms with Crippen LogP contribution in [0.4, 0.5) is 24.4 Å². The van der Waals surface area contributed by atoms with Gasteiger partial charge in [0.1, 0.15) is 5.25 Å². The van der Waals surface area contributed by atoms with Gasteiger partial charge in [0.25, 0.3) is 0 Å². The number of thiol groups is 1. The standard InChI is InChI=1S/C19H21F2N3O3S2/c1-2-27-17(25)16(28)15-9-22-18(29-15)23-19(26)24(10-11-4-3-5-11)12-6-7-13(20)14(21)8-12/h6-9,11,16,28H,2-5,10H2,1H3,(H,22,23,26). The van der Waals surface area contributed by atoms with Crippen LogP contribution in [0.1, 0.15) is 36.3 Å². The summed E-state index contributed by atoms with van der Waals surface area (Å²) in [6.07, 6.45) is 4.50. The largest absolute Gasteiger partial charge is 0.465 e. The number of nitrogens with zero attached hydrogens (tertiary/aromatic N) is 2. The van der Waals surface area contributed by atoms with E-state index >= 15 is 0 Å². The lowest BCUT2D eigenvalue weighted by molar-refractivity contribution is -0.142. The number of thiazole rings is 1. The first-order chi connectivity index (χ1) is 13.9. The van der Waals surface area contributed by atoms with Gasteiger partial charge in [0.2, 0.25) is 0 Å². The van der Waals surface area contributed by atoms with Crippen molar-refractivity contribution < 1.29 is 23.1 Å². The van der Waals surface area contributed by atoms with E-state index in [9.17, 15) is 18.4 Å². The Bertz CT molecular complexity index is 889. The molecule has 1 unspecified atom stereocenters. The lowest BCUT2D eigenvalue weighted by Gasteiger charge is -2.32. The third kappa shape index (κ3) is 5.24. The summed E-state index contributed by atoms with van der Waals surface area (Å²) in [5.41, 5.74) is 0.267. The molecule has 0 saturated heterocycles. The van der Waals surface area contributed by atoms with Crippen LogP contribution in [0.3, 0.4) is 0 Å². The third-order valence-electron chi connectivity index (χ3n) is 4.64. The van der Waals surface area contributed by atoms with E-state index in [0.717, 1.165) is 42.7 Å². The minimum atomic E-state index is -1.02. The van der Waals surface area contributed by atoms with Gasteiger partial charge < -0.3 is 4.74 Å². The maximum atomic E-state index is 13.7. The molecule has 1 saturated carbocycles. The van der Waals surface area contributed by atoms with Gasteiger partial charge >= 0.3 is 12.0 Å². The number of hydrogen-bond donors (Lipinski definition) is 2. The molecule has 10 heteroatoms. The number of rotatable bonds is 7. The monoisotopic (exact) mass is 441 g/mol. The minimum absolute atomic E-state index is 0.239. The van der Waals surface area contributed by atoms with Gasteiger partial charge in [-0.25, -0.2) is 18.6 Å². The molecule has 29 heavy (non-hydrogen) atoms. The number of ether oxygens (including phenoxy) is 1. The van der Waals surface area contributed by atoms with Crippen molar-refractivity contribution in [1.82, 2.24) is 4.98 Å². The number of urea groups is 1. The molecule has 0 radical (unpaired) electrons. The van der Waals surface area contributed by atoms with E-state index in [-0.39, 0.29) is 17.4 Å². The number of halogens is 2. The molecule has 2 aromatic rings. The van der Waals surface area contributed by atoms with Gasteiger partial charge in [0, 0.05) is 24.5 Å². The highest BCUT2D eigenvalue weighted by Crippen LogP contribution is 2.32. The van der Waals surface area contributed by atoms with Crippen LogP contribution < -0.4 is 10.2 Å². The van der Waals surface area contributed by atoms with Gasteiger partial charge in [-0.15, -0.1) is 0 Å². The molecule has 0 aliphatic heterocycles. The minimum Gasteiger partial charge on any atom is -0.465 e. The first kappa shape index (κ1) is 21.5. The number of hydrogen-bond acceptors (Lipinski definition) is 6. The molecule has 1 aromatic heterocycles. The molecule has 1 aliphatic carbocycles. The summed E-state index contributed by atoms with van der Waals surface area (Å²) in [6.45, 7) is 2.33. The van der Waals surface area contributed by atoms with Crippen molar-refractivity contribution in [2.45, 2.75) is 31.4 Å². The fourth-order valence-corrected chi connectivity index (χ4v) is 3.94. The summed E-state index contributed by atoms with van der Waals surface area (Å²) in [5, 5.41) is 2.14. The molecule has 1 heterocycles. The fraction of sp³-hybridized carbons (Fsp3) is 0.421. The smallest absolute Gasteiger partial charge is 0.328 e. The van der Waals surface area contributed by atoms with Crippen molar-refractivity contribution in [2.24, 2.45) is 5.92 Å². The lowest BCUT2D eigenvalue weighted by Crippen LogP contribution is -2.40. The highest BCUT2D eigenvalue weighted by Gasteiger charge is 2.27. The number of aromatic nitrogens is 1. The lowest BCUT2D eigenvalue weighted by atomic mass is 9.85. The van der Waals surface area contributed by atoms with Gasteiger partial charge in [-0.3, -0.25) is 15.0 Å². The summed E-state index contributed by atoms with van der Waals surface area (Å²) in [5.74, 6) is -2.17. The van der Waals surface area contributed by atoms with Crippen molar-refractivity contribution in [3.05, 3.63) is 40.9 Å². The van der Waals surface area contributed by atoms with Crippen LogP contribution in [-0.2, 0) is 9.53 Å². The Balaban J connectivity index is 1.74. The van der Waals surface area contributed by atoms with Gasteiger partial charge in [-0.2, -0.15) is 12.6 Å². The van der Waals surface area contributed by atoms with E-state index in [1.807, 2.05) is 0 Å². The molecule has 1 N–H and O–H groups in total. The fourth-order valence-electron chi connectivity index (χ4n) is 2.86. The Labute approximate surface area is 176 Å². The number of anilines is 2. The first-order valence-electron chi connectivity index (χ1n) is 9.23. The normalized spacial score (nSPS) is 14.8. The van der Waals surface area contributed by atoms with Gasteiger partial charge in [0.15, 0.2) is 16.8 Å². The molecule has 0 bridgehead atoms. The Morgan fingerprint density at radius 1 is 1.38 bits per heavy atom. The third-order valence-corrected chi connectivity index (χ3v) is 6.28. The van der Waals surface area contributed by atoms with Gasteiger partial charge in [-0.1, -0.05) is 17.8 Å². The first-order valence-corrected chi connectivity index (χ1v) is 10.6. The molecule has 3 rings (SSSR count). The highest BCUT2D eigenvalue weighted by atomic mass is 32.1. The highest BCUT2D eigenvalue weighted by molar-refractivity contribution is 7.81. The number of benzene rings is 1. The van der Waals surface area contributed by atoms with Crippen molar-refractivity contribution in [2.75, 3.05) is 23.4 Å². The molecular formula is C19H21F2N3O3S2. The quantitative estimate of drug-likeness (QED) is 0.479. The van der Waals surface area contributed by atoms with E-state index in [4.69, 9.17) is 4.74 Å². The Kier molecular flexibility index (Phi) is 7.07. The molecule has 156 valence electrons. The summed E-state index contributed by atoms with van der Waals surface area (Å²) in [6, 6.07) is 2.87. The molecule has 2 amide bonds. The molecule has 0 spiro atoms. The average molecular weight is 442 g/mol. The van der Waals surface area contributed by atoms with Crippen LogP contribution in [0.25, 0.3) is 0 Å². The average Bonchev–Trinajstić information content (AvgIpc) is 3.11. The second-order valence-electron chi connectivity index (χ2n) is 6.66. The van der Waals surface area contributed by atoms with Crippen LogP contribution in [0, 0.1) is 17.6 Å². The van der Waals surface area contributed by atoms with E-state index in [2.05, 4.69) is 22.9 Å². The van der Waals surface area contributed by atoms with Crippen molar-refractivity contribution >= 4 is 46.8 Å². The molecule has 1 atom stereocenters. The predicted octanol–water partition coefficient (Wildman–Crippen LogP) is 4.79. The van der Waals surface area contributed by atoms with Crippen molar-refractivity contribution in [3.63, 3.8) is 0 Å². The van der Waals surface area contributed by atoms with Crippen molar-refractivity contribution in [1.29, 1.82) is 0 Å². The Morgan fingerprint density at radius 3 is 2.76 bits per heavy atom. The molecular weight excluding hydrogens is 420 g/mol. The molecule has 6 nitrogen and oxygen atoms in total. The zero-order valence-corrected chi connectivity index (χ0v) is 17.4. The maximum Gasteiger partial charge on any atom is 0.328 e. The summed E-state index contributed by atoms with van der Waals surface area (Å²) in [7, 11) is 0. The predicted molar refractivity (Wildman–Crippen MR) is 111 cm³/mol. The topological polar surface area (TPSA) is 71.5 Å². The second kappa shape index (κ2) is 9.53. The number of carbonyl (C=O) groups is 2. The zero-order chi connectivity index (χ0) is 21.0. The number of amides is 2. The van der Waals surface area contributed by atoms with Crippen LogP contribution in [0.2, 0.25) is 0 Å². The summed E-state index contributed by atoms with van der Waals surface area (Å²) < 4.78 is 31.9. The molecule has 1 fully saturated rings. The Hall–Kier alpha value is -2.20. The second-order valence-corrected chi connectivity index (χ2v) is 8.24. The molecule has 1 aliphatic rings. The van der Waals surface area contributed by atoms with E-state index in [1.54, 1.807) is 6.92 Å². The molecule has 1 aromatic carbocycles. The van der Waals surface area contributed by atoms with E-state index < -0.39 is 28.9 Å². The van der Waals surface area contributed by atoms with Crippen LogP contribution in [0.5, 0.6) is 0 Å². The zero-order valence-electron chi connectivity index (χ0n) is 15.7. The van der Waals surface area contributed by atoms with E-state index in [0.29, 0.717) is 17.3 Å². The van der Waals surface area contributed by atoms with Crippen LogP contribution >= 0.6 is 24.0 Å². The summed E-state index contributed by atoms with van der Waals surface area (Å²) in [4.78, 5) is 30.7. The number of nitrogens with one attached hydrogen (secondary N) is 1. The number of esters is 1. The van der Waals surface area contributed by atoms with E-state index in [1.165, 1.54) is 17.2 Å². The Morgan fingerprint density at radius 2 is 2.14 bits per heavy atom. The number of carbonyl (C=O) groups excluding carboxylic acids is 2. The van der Waals surface area contributed by atoms with Crippen LogP contribution in [-0.4, -0.2) is 30.1 Å². The van der Waals surface area contributed by atoms with Gasteiger partial charge in [0.05, 0.1) is 11.5 Å². The summed E-state index contributed by atoms with van der Waals surface area (Å²) >= 11 is 5.33. The van der Waals surface area contributed by atoms with Gasteiger partial charge in [-0.05, 0) is 37.8 Å². The van der Waals surface area contributed by atoms with Crippen molar-refractivity contribution in [3.8, 4) is 0 Å². The maximum absolute atomic E-state index is 13.7. The SMILES string of the molecule is CCOC(=O)C(S)c1cnc(NC(=O)N(CC2CCC2)c2ccc(F)c(F)c2)s1. The van der Waals surface area contributed by atoms with Crippen LogP contribution in [0.15, 0.2) is 24.4 Å².